The van der Waals surface area contributed by atoms with Gasteiger partial charge >= 0.3 is 0 Å². The molecule has 0 radical (unpaired) electrons. The lowest BCUT2D eigenvalue weighted by Crippen LogP contribution is -2.30. The third-order valence-corrected chi connectivity index (χ3v) is 3.66. The van der Waals surface area contributed by atoms with Gasteiger partial charge in [0.15, 0.2) is 5.76 Å². The number of nitrogens with zero attached hydrogens (tertiary/aromatic N) is 2. The second-order valence-electron chi connectivity index (χ2n) is 5.10. The molecule has 1 aliphatic heterocycles. The van der Waals surface area contributed by atoms with Crippen LogP contribution in [0.5, 0.6) is 0 Å². The van der Waals surface area contributed by atoms with Crippen LogP contribution in [0.2, 0.25) is 0 Å². The average Bonchev–Trinajstić information content (AvgIpc) is 3.19. The van der Waals surface area contributed by atoms with Crippen LogP contribution in [-0.4, -0.2) is 22.5 Å². The summed E-state index contributed by atoms with van der Waals surface area (Å²) in [4.78, 5) is 14.2. The summed E-state index contributed by atoms with van der Waals surface area (Å²) in [7, 11) is 0. The van der Waals surface area contributed by atoms with Gasteiger partial charge in [-0.2, -0.15) is 0 Å². The Balaban J connectivity index is 1.79. The maximum absolute atomic E-state index is 12.4. The van der Waals surface area contributed by atoms with Crippen LogP contribution in [0, 0.1) is 0 Å². The van der Waals surface area contributed by atoms with Gasteiger partial charge in [-0.15, -0.1) is 0 Å². The van der Waals surface area contributed by atoms with E-state index in [1.54, 1.807) is 12.1 Å². The quantitative estimate of drug-likeness (QED) is 0.859. The molecular formula is C15H18N2O3. The molecule has 0 bridgehead atoms. The Labute approximate surface area is 117 Å². The SMILES string of the molecule is CCCc1cc(C2CCCN2C(=O)c2ccco2)no1. The molecular weight excluding hydrogens is 256 g/mol. The van der Waals surface area contributed by atoms with Crippen molar-refractivity contribution in [1.82, 2.24) is 10.1 Å². The lowest BCUT2D eigenvalue weighted by molar-refractivity contribution is 0.0698. The van der Waals surface area contributed by atoms with E-state index in [-0.39, 0.29) is 11.9 Å². The van der Waals surface area contributed by atoms with E-state index in [0.29, 0.717) is 5.76 Å². The molecule has 5 nitrogen and oxygen atoms in total. The van der Waals surface area contributed by atoms with Crippen LogP contribution in [0.4, 0.5) is 0 Å². The molecule has 3 heterocycles. The fourth-order valence-electron chi connectivity index (χ4n) is 2.71. The van der Waals surface area contributed by atoms with Gasteiger partial charge in [0.05, 0.1) is 12.3 Å². The highest BCUT2D eigenvalue weighted by molar-refractivity contribution is 5.91. The smallest absolute Gasteiger partial charge is 0.290 e. The summed E-state index contributed by atoms with van der Waals surface area (Å²) in [6.45, 7) is 2.84. The molecule has 1 saturated heterocycles. The van der Waals surface area contributed by atoms with Gasteiger partial charge < -0.3 is 13.8 Å². The number of carbonyl (C=O) groups is 1. The van der Waals surface area contributed by atoms with Crippen molar-refractivity contribution in [3.63, 3.8) is 0 Å². The molecule has 1 atom stereocenters. The van der Waals surface area contributed by atoms with E-state index in [4.69, 9.17) is 8.94 Å². The molecule has 1 amide bonds. The third-order valence-electron chi connectivity index (χ3n) is 3.66. The van der Waals surface area contributed by atoms with Gasteiger partial charge in [0.2, 0.25) is 0 Å². The average molecular weight is 274 g/mol. The molecule has 20 heavy (non-hydrogen) atoms. The second kappa shape index (κ2) is 5.53. The zero-order chi connectivity index (χ0) is 13.9. The molecule has 0 saturated carbocycles. The normalized spacial score (nSPS) is 18.6. The first kappa shape index (κ1) is 13.0. The van der Waals surface area contributed by atoms with Crippen LogP contribution in [-0.2, 0) is 6.42 Å². The van der Waals surface area contributed by atoms with Crippen LogP contribution in [0.1, 0.15) is 54.2 Å². The minimum atomic E-state index is -0.0717. The summed E-state index contributed by atoms with van der Waals surface area (Å²) in [6, 6.07) is 5.40. The molecule has 1 fully saturated rings. The predicted molar refractivity (Wildman–Crippen MR) is 72.2 cm³/mol. The van der Waals surface area contributed by atoms with E-state index in [1.807, 2.05) is 11.0 Å². The molecule has 1 aliphatic rings. The molecule has 0 spiro atoms. The molecule has 0 aliphatic carbocycles. The van der Waals surface area contributed by atoms with Crippen molar-refractivity contribution >= 4 is 5.91 Å². The Morgan fingerprint density at radius 1 is 1.55 bits per heavy atom. The number of hydrogen-bond donors (Lipinski definition) is 0. The topological polar surface area (TPSA) is 59.5 Å². The molecule has 2 aromatic heterocycles. The summed E-state index contributed by atoms with van der Waals surface area (Å²) in [5, 5.41) is 4.13. The van der Waals surface area contributed by atoms with Gasteiger partial charge in [-0.25, -0.2) is 0 Å². The van der Waals surface area contributed by atoms with Crippen LogP contribution in [0.25, 0.3) is 0 Å². The van der Waals surface area contributed by atoms with Gasteiger partial charge in [0.25, 0.3) is 5.91 Å². The minimum Gasteiger partial charge on any atom is -0.459 e. The maximum Gasteiger partial charge on any atom is 0.290 e. The Morgan fingerprint density at radius 2 is 2.45 bits per heavy atom. The van der Waals surface area contributed by atoms with Gasteiger partial charge in [0.1, 0.15) is 11.5 Å². The van der Waals surface area contributed by atoms with Crippen LogP contribution < -0.4 is 0 Å². The van der Waals surface area contributed by atoms with Crippen molar-refractivity contribution in [2.75, 3.05) is 6.54 Å². The Hall–Kier alpha value is -2.04. The molecule has 0 aromatic carbocycles. The lowest BCUT2D eigenvalue weighted by Gasteiger charge is -2.21. The number of furan rings is 1. The molecule has 106 valence electrons. The van der Waals surface area contributed by atoms with Gasteiger partial charge in [-0.05, 0) is 31.4 Å². The number of carbonyl (C=O) groups excluding carboxylic acids is 1. The number of amides is 1. The monoisotopic (exact) mass is 274 g/mol. The number of aromatic nitrogens is 1. The maximum atomic E-state index is 12.4. The van der Waals surface area contributed by atoms with E-state index in [1.165, 1.54) is 6.26 Å². The number of likely N-dealkylation sites (tertiary alicyclic amines) is 1. The fourth-order valence-corrected chi connectivity index (χ4v) is 2.71. The Morgan fingerprint density at radius 3 is 3.20 bits per heavy atom. The molecule has 0 N–H and O–H groups in total. The van der Waals surface area contributed by atoms with Crippen molar-refractivity contribution in [3.8, 4) is 0 Å². The van der Waals surface area contributed by atoms with E-state index < -0.39 is 0 Å². The van der Waals surface area contributed by atoms with Crippen molar-refractivity contribution in [1.29, 1.82) is 0 Å². The van der Waals surface area contributed by atoms with Crippen molar-refractivity contribution in [2.45, 2.75) is 38.6 Å². The van der Waals surface area contributed by atoms with E-state index in [9.17, 15) is 4.79 Å². The molecule has 3 rings (SSSR count). The zero-order valence-corrected chi connectivity index (χ0v) is 11.5. The standard InChI is InChI=1S/C15H18N2O3/c1-2-5-11-10-12(16-20-11)13-6-3-8-17(13)15(18)14-7-4-9-19-14/h4,7,9-10,13H,2-3,5-6,8H2,1H3. The first-order chi connectivity index (χ1) is 9.79. The molecule has 1 unspecified atom stereocenters. The fraction of sp³-hybridized carbons (Fsp3) is 0.467. The van der Waals surface area contributed by atoms with Crippen molar-refractivity contribution < 1.29 is 13.7 Å². The Kier molecular flexibility index (Phi) is 3.58. The summed E-state index contributed by atoms with van der Waals surface area (Å²) in [5.74, 6) is 1.20. The van der Waals surface area contributed by atoms with Gasteiger partial charge in [-0.1, -0.05) is 12.1 Å². The highest BCUT2D eigenvalue weighted by Crippen LogP contribution is 2.33. The van der Waals surface area contributed by atoms with E-state index in [0.717, 1.165) is 43.7 Å². The van der Waals surface area contributed by atoms with Crippen LogP contribution >= 0.6 is 0 Å². The van der Waals surface area contributed by atoms with E-state index in [2.05, 4.69) is 12.1 Å². The summed E-state index contributed by atoms with van der Waals surface area (Å²) >= 11 is 0. The second-order valence-corrected chi connectivity index (χ2v) is 5.10. The number of hydrogen-bond acceptors (Lipinski definition) is 4. The number of rotatable bonds is 4. The van der Waals surface area contributed by atoms with Crippen LogP contribution in [0.15, 0.2) is 33.4 Å². The summed E-state index contributed by atoms with van der Waals surface area (Å²) in [5.41, 5.74) is 0.853. The van der Waals surface area contributed by atoms with E-state index >= 15 is 0 Å². The number of aryl methyl sites for hydroxylation is 1. The molecule has 5 heteroatoms. The molecule has 2 aromatic rings. The first-order valence-electron chi connectivity index (χ1n) is 7.09. The van der Waals surface area contributed by atoms with Crippen molar-refractivity contribution in [2.24, 2.45) is 0 Å². The van der Waals surface area contributed by atoms with Gasteiger partial charge in [0, 0.05) is 19.0 Å². The van der Waals surface area contributed by atoms with Gasteiger partial charge in [-0.3, -0.25) is 4.79 Å². The zero-order valence-electron chi connectivity index (χ0n) is 11.5. The Bertz CT molecular complexity index is 574. The predicted octanol–water partition coefficient (Wildman–Crippen LogP) is 3.20. The summed E-state index contributed by atoms with van der Waals surface area (Å²) in [6.07, 6.45) is 5.32. The van der Waals surface area contributed by atoms with Crippen LogP contribution in [0.3, 0.4) is 0 Å². The lowest BCUT2D eigenvalue weighted by atomic mass is 10.1. The minimum absolute atomic E-state index is 0.00181. The first-order valence-corrected chi connectivity index (χ1v) is 7.09. The highest BCUT2D eigenvalue weighted by atomic mass is 16.5. The largest absolute Gasteiger partial charge is 0.459 e. The van der Waals surface area contributed by atoms with Crippen molar-refractivity contribution in [3.05, 3.63) is 41.7 Å². The summed E-state index contributed by atoms with van der Waals surface area (Å²) < 4.78 is 10.5. The third kappa shape index (κ3) is 2.35. The highest BCUT2D eigenvalue weighted by Gasteiger charge is 2.33.